The van der Waals surface area contributed by atoms with E-state index in [0.29, 0.717) is 19.4 Å². The highest BCUT2D eigenvalue weighted by atomic mass is 16.6. The SMILES string of the molecule is C=CC.COC(=O)CNC(=O)C(CCCCNC(=O)OC(C)(C)C)NC(=O)CNC(C)=O.Cc1ccc(-c2c3ccccc3cc3ccccc23)cc1. The number of methoxy groups -OCH3 is 1. The maximum absolute atomic E-state index is 12.3. The third-order valence-corrected chi connectivity index (χ3v) is 7.48. The fourth-order valence-corrected chi connectivity index (χ4v) is 5.10. The molecule has 0 aromatic heterocycles. The number of benzene rings is 4. The maximum atomic E-state index is 12.3. The number of amides is 4. The molecule has 4 N–H and O–H groups in total. The van der Waals surface area contributed by atoms with Crippen molar-refractivity contribution in [1.29, 1.82) is 0 Å². The number of carbonyl (C=O) groups excluding carboxylic acids is 5. The highest BCUT2D eigenvalue weighted by Gasteiger charge is 2.21. The molecule has 0 aliphatic heterocycles. The first-order valence-electron chi connectivity index (χ1n) is 17.6. The molecule has 4 amide bonds. The van der Waals surface area contributed by atoms with Gasteiger partial charge in [-0.15, -0.1) is 6.58 Å². The molecule has 1 atom stereocenters. The van der Waals surface area contributed by atoms with Gasteiger partial charge in [-0.3, -0.25) is 19.2 Å². The molecule has 4 rings (SSSR count). The molecule has 0 spiro atoms. The van der Waals surface area contributed by atoms with Gasteiger partial charge >= 0.3 is 12.1 Å². The molecular weight excluding hydrogens is 672 g/mol. The zero-order chi connectivity index (χ0) is 39.4. The van der Waals surface area contributed by atoms with Crippen LogP contribution in [0.1, 0.15) is 59.4 Å². The average molecular weight is 727 g/mol. The largest absolute Gasteiger partial charge is 0.468 e. The van der Waals surface area contributed by atoms with E-state index in [1.165, 1.54) is 52.3 Å². The third-order valence-electron chi connectivity index (χ3n) is 7.48. The van der Waals surface area contributed by atoms with Crippen molar-refractivity contribution in [2.75, 3.05) is 26.7 Å². The summed E-state index contributed by atoms with van der Waals surface area (Å²) in [6.07, 6.45) is 2.54. The fraction of sp³-hybridized carbons (Fsp3) is 0.357. The van der Waals surface area contributed by atoms with E-state index in [-0.39, 0.29) is 25.4 Å². The van der Waals surface area contributed by atoms with Crippen molar-refractivity contribution in [3.63, 3.8) is 0 Å². The monoisotopic (exact) mass is 726 g/mol. The first kappa shape index (κ1) is 43.5. The lowest BCUT2D eigenvalue weighted by Crippen LogP contribution is -2.50. The van der Waals surface area contributed by atoms with Crippen LogP contribution in [0.15, 0.2) is 91.5 Å². The summed E-state index contributed by atoms with van der Waals surface area (Å²) in [5.74, 6) is -2.08. The van der Waals surface area contributed by atoms with Gasteiger partial charge < -0.3 is 30.7 Å². The van der Waals surface area contributed by atoms with Gasteiger partial charge in [0.25, 0.3) is 0 Å². The Labute approximate surface area is 312 Å². The van der Waals surface area contributed by atoms with Crippen LogP contribution in [-0.2, 0) is 28.7 Å². The van der Waals surface area contributed by atoms with Crippen LogP contribution in [0.3, 0.4) is 0 Å². The molecule has 284 valence electrons. The van der Waals surface area contributed by atoms with Crippen LogP contribution in [0.5, 0.6) is 0 Å². The summed E-state index contributed by atoms with van der Waals surface area (Å²) in [5, 5.41) is 15.1. The van der Waals surface area contributed by atoms with E-state index in [1.54, 1.807) is 26.8 Å². The van der Waals surface area contributed by atoms with Crippen molar-refractivity contribution in [1.82, 2.24) is 21.3 Å². The maximum Gasteiger partial charge on any atom is 0.407 e. The van der Waals surface area contributed by atoms with Gasteiger partial charge in [-0.05, 0) is 92.6 Å². The molecule has 1 unspecified atom stereocenters. The Morgan fingerprint density at radius 1 is 0.811 bits per heavy atom. The van der Waals surface area contributed by atoms with Gasteiger partial charge in [-0.1, -0.05) is 84.4 Å². The van der Waals surface area contributed by atoms with Crippen LogP contribution in [0.4, 0.5) is 4.79 Å². The molecule has 11 nitrogen and oxygen atoms in total. The highest BCUT2D eigenvalue weighted by molar-refractivity contribution is 6.12. The summed E-state index contributed by atoms with van der Waals surface area (Å²) in [4.78, 5) is 57.8. The number of unbranched alkanes of at least 4 members (excludes halogenated alkanes) is 1. The van der Waals surface area contributed by atoms with Gasteiger partial charge in [0.05, 0.1) is 13.7 Å². The molecular formula is C42H54N4O7. The van der Waals surface area contributed by atoms with Crippen molar-refractivity contribution >= 4 is 51.3 Å². The second-order valence-corrected chi connectivity index (χ2v) is 13.2. The zero-order valence-corrected chi connectivity index (χ0v) is 32.0. The standard InChI is InChI=1S/C21H16.C18H32N4O7.C3H6/c1-15-10-12-16(13-11-15)21-19-8-4-2-6-17(19)14-18-7-3-5-9-20(18)21;1-12(23)20-10-14(24)22-13(16(26)21-11-15(25)28-5)8-6-7-9-19-17(27)29-18(2,3)4;1-3-2/h2-14H,1H3;13H,6-11H2,1-5H3,(H,19,27)(H,20,23)(H,21,26)(H,22,24);3H,1H2,2H3. The van der Waals surface area contributed by atoms with E-state index >= 15 is 0 Å². The molecule has 0 aliphatic rings. The van der Waals surface area contributed by atoms with Crippen LogP contribution in [0.25, 0.3) is 32.7 Å². The van der Waals surface area contributed by atoms with Gasteiger partial charge in [-0.2, -0.15) is 0 Å². The number of fused-ring (bicyclic) bond motifs is 2. The minimum Gasteiger partial charge on any atom is -0.468 e. The summed E-state index contributed by atoms with van der Waals surface area (Å²) in [5.41, 5.74) is 3.33. The molecule has 53 heavy (non-hydrogen) atoms. The quantitative estimate of drug-likeness (QED) is 0.0546. The van der Waals surface area contributed by atoms with Crippen molar-refractivity contribution in [2.24, 2.45) is 0 Å². The molecule has 0 bridgehead atoms. The first-order chi connectivity index (χ1) is 25.2. The third kappa shape index (κ3) is 16.0. The molecule has 0 fully saturated rings. The zero-order valence-electron chi connectivity index (χ0n) is 32.0. The van der Waals surface area contributed by atoms with Gasteiger partial charge in [0.2, 0.25) is 17.7 Å². The summed E-state index contributed by atoms with van der Waals surface area (Å²) in [6.45, 7) is 13.7. The Morgan fingerprint density at radius 2 is 1.38 bits per heavy atom. The first-order valence-corrected chi connectivity index (χ1v) is 17.6. The lowest BCUT2D eigenvalue weighted by atomic mass is 9.92. The van der Waals surface area contributed by atoms with E-state index < -0.39 is 35.5 Å². The molecule has 0 aliphatic carbocycles. The minimum absolute atomic E-state index is 0.268. The number of allylic oxidation sites excluding steroid dienone is 1. The second-order valence-electron chi connectivity index (χ2n) is 13.2. The number of rotatable bonds is 12. The molecule has 0 saturated carbocycles. The van der Waals surface area contributed by atoms with Gasteiger partial charge in [0, 0.05) is 13.5 Å². The fourth-order valence-electron chi connectivity index (χ4n) is 5.10. The Kier molecular flexibility index (Phi) is 18.3. The van der Waals surface area contributed by atoms with Crippen molar-refractivity contribution < 1.29 is 33.4 Å². The van der Waals surface area contributed by atoms with Crippen molar-refractivity contribution in [2.45, 2.75) is 72.4 Å². The molecule has 0 heterocycles. The highest BCUT2D eigenvalue weighted by Crippen LogP contribution is 2.36. The predicted octanol–water partition coefficient (Wildman–Crippen LogP) is 6.75. The summed E-state index contributed by atoms with van der Waals surface area (Å²) < 4.78 is 9.57. The normalized spacial score (nSPS) is 11.0. The van der Waals surface area contributed by atoms with Crippen LogP contribution >= 0.6 is 0 Å². The Balaban J connectivity index is 0.000000352. The number of aryl methyl sites for hydroxylation is 1. The van der Waals surface area contributed by atoms with Crippen LogP contribution < -0.4 is 21.3 Å². The number of hydrogen-bond acceptors (Lipinski definition) is 7. The molecule has 11 heteroatoms. The Bertz CT molecular complexity index is 1780. The van der Waals surface area contributed by atoms with Gasteiger partial charge in [0.15, 0.2) is 0 Å². The van der Waals surface area contributed by atoms with E-state index in [4.69, 9.17) is 4.74 Å². The number of esters is 1. The molecule has 4 aromatic carbocycles. The number of hydrogen-bond donors (Lipinski definition) is 4. The van der Waals surface area contributed by atoms with E-state index in [9.17, 15) is 24.0 Å². The average Bonchev–Trinajstić information content (AvgIpc) is 3.11. The summed E-state index contributed by atoms with van der Waals surface area (Å²) in [6, 6.07) is 27.5. The Morgan fingerprint density at radius 3 is 1.91 bits per heavy atom. The minimum atomic E-state index is -0.901. The lowest BCUT2D eigenvalue weighted by Gasteiger charge is -2.20. The summed E-state index contributed by atoms with van der Waals surface area (Å²) >= 11 is 0. The molecule has 0 radical (unpaired) electrons. The topological polar surface area (TPSA) is 152 Å². The number of alkyl carbamates (subject to hydrolysis) is 1. The smallest absolute Gasteiger partial charge is 0.407 e. The van der Waals surface area contributed by atoms with Crippen LogP contribution in [-0.4, -0.2) is 68.2 Å². The molecule has 0 saturated heterocycles. The summed E-state index contributed by atoms with van der Waals surface area (Å²) in [7, 11) is 1.19. The van der Waals surface area contributed by atoms with E-state index in [1.807, 2.05) is 6.92 Å². The Hall–Kier alpha value is -5.71. The van der Waals surface area contributed by atoms with Crippen molar-refractivity contribution in [3.05, 3.63) is 97.1 Å². The predicted molar refractivity (Wildman–Crippen MR) is 211 cm³/mol. The van der Waals surface area contributed by atoms with E-state index in [0.717, 1.165) is 0 Å². The number of ether oxygens (including phenoxy) is 2. The number of carbonyl (C=O) groups is 5. The van der Waals surface area contributed by atoms with Gasteiger partial charge in [-0.25, -0.2) is 4.79 Å². The number of nitrogens with one attached hydrogen (secondary N) is 4. The van der Waals surface area contributed by atoms with E-state index in [2.05, 4.69) is 118 Å². The van der Waals surface area contributed by atoms with Crippen LogP contribution in [0, 0.1) is 6.92 Å². The van der Waals surface area contributed by atoms with Gasteiger partial charge in [0.1, 0.15) is 18.2 Å². The lowest BCUT2D eigenvalue weighted by molar-refractivity contribution is -0.141. The molecule has 4 aromatic rings. The van der Waals surface area contributed by atoms with Crippen molar-refractivity contribution in [3.8, 4) is 11.1 Å². The van der Waals surface area contributed by atoms with Crippen LogP contribution in [0.2, 0.25) is 0 Å². The second kappa shape index (κ2) is 22.3.